The molecule has 10 heteroatoms. The van der Waals surface area contributed by atoms with E-state index in [9.17, 15) is 19.2 Å². The van der Waals surface area contributed by atoms with Crippen molar-refractivity contribution in [2.45, 2.75) is 51.6 Å². The normalized spacial score (nSPS) is 20.1. The minimum atomic E-state index is -0.448. The van der Waals surface area contributed by atoms with Crippen LogP contribution in [0, 0.1) is 5.92 Å². The number of hydrogen-bond acceptors (Lipinski definition) is 5. The van der Waals surface area contributed by atoms with Gasteiger partial charge in [0.15, 0.2) is 0 Å². The van der Waals surface area contributed by atoms with Crippen molar-refractivity contribution in [3.05, 3.63) is 51.2 Å². The standard InChI is InChI=1S/C26H31ClN4O4S/c1-16(2)13-24(33)30-14-19(20(15-30)29-26(35)21-10-11-22(27)36-21)28-25(34)17-6-8-18(9-7-17)31-12-4-3-5-23(31)32/h6-11,16,19-20H,3-5,12-15H2,1-2H3,(H,28,34)(H,29,35). The summed E-state index contributed by atoms with van der Waals surface area (Å²) in [5, 5.41) is 5.97. The van der Waals surface area contributed by atoms with E-state index in [0.29, 0.717) is 47.3 Å². The Balaban J connectivity index is 1.45. The molecule has 2 unspecified atom stereocenters. The van der Waals surface area contributed by atoms with Gasteiger partial charge in [0.1, 0.15) is 0 Å². The third-order valence-corrected chi connectivity index (χ3v) is 7.68. The van der Waals surface area contributed by atoms with Crippen molar-refractivity contribution in [2.75, 3.05) is 24.5 Å². The van der Waals surface area contributed by atoms with Crippen LogP contribution in [0.15, 0.2) is 36.4 Å². The lowest BCUT2D eigenvalue weighted by atomic mass is 10.1. The number of carbonyl (C=O) groups excluding carboxylic acids is 4. The van der Waals surface area contributed by atoms with Crippen LogP contribution in [0.3, 0.4) is 0 Å². The SMILES string of the molecule is CC(C)CC(=O)N1CC(NC(=O)c2ccc(N3CCCCC3=O)cc2)C(NC(=O)c2ccc(Cl)s2)C1. The number of benzene rings is 1. The van der Waals surface area contributed by atoms with Gasteiger partial charge in [0, 0.05) is 43.7 Å². The van der Waals surface area contributed by atoms with Gasteiger partial charge in [-0.1, -0.05) is 25.4 Å². The number of rotatable bonds is 7. The molecule has 0 aliphatic carbocycles. The van der Waals surface area contributed by atoms with Gasteiger partial charge >= 0.3 is 0 Å². The van der Waals surface area contributed by atoms with E-state index in [-0.39, 0.29) is 29.5 Å². The number of nitrogens with zero attached hydrogens (tertiary/aromatic N) is 2. The van der Waals surface area contributed by atoms with Crippen LogP contribution in [-0.4, -0.2) is 60.2 Å². The number of hydrogen-bond donors (Lipinski definition) is 2. The number of anilines is 1. The molecular weight excluding hydrogens is 500 g/mol. The average Bonchev–Trinajstić information content (AvgIpc) is 3.45. The van der Waals surface area contributed by atoms with Crippen LogP contribution >= 0.6 is 22.9 Å². The summed E-state index contributed by atoms with van der Waals surface area (Å²) in [7, 11) is 0. The molecule has 2 saturated heterocycles. The molecule has 2 aliphatic heterocycles. The molecule has 4 rings (SSSR count). The maximum absolute atomic E-state index is 13.1. The quantitative estimate of drug-likeness (QED) is 0.570. The number of thiophene rings is 1. The monoisotopic (exact) mass is 530 g/mol. The molecule has 2 aromatic rings. The smallest absolute Gasteiger partial charge is 0.261 e. The van der Waals surface area contributed by atoms with Gasteiger partial charge in [-0.2, -0.15) is 0 Å². The van der Waals surface area contributed by atoms with Gasteiger partial charge in [-0.3, -0.25) is 19.2 Å². The first-order chi connectivity index (χ1) is 17.2. The first kappa shape index (κ1) is 26.2. The van der Waals surface area contributed by atoms with Crippen molar-refractivity contribution in [3.63, 3.8) is 0 Å². The number of nitrogens with one attached hydrogen (secondary N) is 2. The topological polar surface area (TPSA) is 98.8 Å². The van der Waals surface area contributed by atoms with Crippen molar-refractivity contribution in [2.24, 2.45) is 5.92 Å². The van der Waals surface area contributed by atoms with E-state index in [1.165, 1.54) is 11.3 Å². The molecule has 3 heterocycles. The molecule has 1 aromatic heterocycles. The van der Waals surface area contributed by atoms with Crippen molar-refractivity contribution in [1.29, 1.82) is 0 Å². The zero-order valence-corrected chi connectivity index (χ0v) is 22.0. The molecule has 2 N–H and O–H groups in total. The van der Waals surface area contributed by atoms with E-state index in [1.807, 2.05) is 13.8 Å². The molecule has 1 aromatic carbocycles. The maximum Gasteiger partial charge on any atom is 0.261 e. The highest BCUT2D eigenvalue weighted by Crippen LogP contribution is 2.23. The zero-order chi connectivity index (χ0) is 25.8. The lowest BCUT2D eigenvalue weighted by molar-refractivity contribution is -0.131. The molecule has 2 fully saturated rings. The molecule has 2 atom stereocenters. The highest BCUT2D eigenvalue weighted by molar-refractivity contribution is 7.18. The second kappa shape index (κ2) is 11.4. The second-order valence-electron chi connectivity index (χ2n) is 9.71. The van der Waals surface area contributed by atoms with Gasteiger partial charge < -0.3 is 20.4 Å². The Labute approximate surface area is 220 Å². The van der Waals surface area contributed by atoms with Gasteiger partial charge in [0.2, 0.25) is 11.8 Å². The molecule has 4 amide bonds. The van der Waals surface area contributed by atoms with Gasteiger partial charge in [0.25, 0.3) is 11.8 Å². The highest BCUT2D eigenvalue weighted by Gasteiger charge is 2.37. The molecule has 0 spiro atoms. The Kier molecular flexibility index (Phi) is 8.31. The fourth-order valence-corrected chi connectivity index (χ4v) is 5.52. The van der Waals surface area contributed by atoms with Gasteiger partial charge in [0.05, 0.1) is 21.3 Å². The minimum absolute atomic E-state index is 0.00397. The largest absolute Gasteiger partial charge is 0.345 e. The fraction of sp³-hybridized carbons (Fsp3) is 0.462. The van der Waals surface area contributed by atoms with E-state index in [4.69, 9.17) is 11.6 Å². The van der Waals surface area contributed by atoms with Crippen LogP contribution in [0.5, 0.6) is 0 Å². The summed E-state index contributed by atoms with van der Waals surface area (Å²) in [6.45, 7) is 5.27. The van der Waals surface area contributed by atoms with Crippen LogP contribution in [0.1, 0.15) is 59.6 Å². The summed E-state index contributed by atoms with van der Waals surface area (Å²) in [5.74, 6) is -0.285. The Morgan fingerprint density at radius 3 is 2.25 bits per heavy atom. The molecule has 192 valence electrons. The second-order valence-corrected chi connectivity index (χ2v) is 11.4. The molecule has 36 heavy (non-hydrogen) atoms. The van der Waals surface area contributed by atoms with Crippen LogP contribution in [-0.2, 0) is 9.59 Å². The van der Waals surface area contributed by atoms with Crippen molar-refractivity contribution >= 4 is 52.3 Å². The number of carbonyl (C=O) groups is 4. The average molecular weight is 531 g/mol. The van der Waals surface area contributed by atoms with Crippen molar-refractivity contribution < 1.29 is 19.2 Å². The molecule has 0 radical (unpaired) electrons. The van der Waals surface area contributed by atoms with Crippen LogP contribution in [0.4, 0.5) is 5.69 Å². The molecule has 0 bridgehead atoms. The summed E-state index contributed by atoms with van der Waals surface area (Å²) in [5.41, 5.74) is 1.23. The summed E-state index contributed by atoms with van der Waals surface area (Å²) in [4.78, 5) is 54.7. The van der Waals surface area contributed by atoms with E-state index < -0.39 is 12.1 Å². The molecule has 2 aliphatic rings. The first-order valence-electron chi connectivity index (χ1n) is 12.3. The van der Waals surface area contributed by atoms with E-state index in [1.54, 1.807) is 46.2 Å². The number of halogens is 1. The van der Waals surface area contributed by atoms with Crippen LogP contribution < -0.4 is 15.5 Å². The molecule has 0 saturated carbocycles. The van der Waals surface area contributed by atoms with Crippen LogP contribution in [0.2, 0.25) is 4.34 Å². The maximum atomic E-state index is 13.1. The highest BCUT2D eigenvalue weighted by atomic mass is 35.5. The summed E-state index contributed by atoms with van der Waals surface area (Å²) in [6, 6.07) is 9.39. The Morgan fingerprint density at radius 1 is 1.00 bits per heavy atom. The zero-order valence-electron chi connectivity index (χ0n) is 20.5. The fourth-order valence-electron chi connectivity index (χ4n) is 4.58. The van der Waals surface area contributed by atoms with Crippen molar-refractivity contribution in [3.8, 4) is 0 Å². The van der Waals surface area contributed by atoms with Gasteiger partial charge in [-0.15, -0.1) is 11.3 Å². The van der Waals surface area contributed by atoms with Crippen LogP contribution in [0.25, 0.3) is 0 Å². The predicted octanol–water partition coefficient (Wildman–Crippen LogP) is 3.70. The number of piperidine rings is 1. The van der Waals surface area contributed by atoms with E-state index in [2.05, 4.69) is 10.6 Å². The van der Waals surface area contributed by atoms with E-state index in [0.717, 1.165) is 18.5 Å². The van der Waals surface area contributed by atoms with Gasteiger partial charge in [-0.25, -0.2) is 0 Å². The summed E-state index contributed by atoms with van der Waals surface area (Å²) >= 11 is 7.15. The Bertz CT molecular complexity index is 1130. The van der Waals surface area contributed by atoms with E-state index >= 15 is 0 Å². The molecule has 8 nitrogen and oxygen atoms in total. The lowest BCUT2D eigenvalue weighted by Crippen LogP contribution is -2.50. The Morgan fingerprint density at radius 2 is 1.67 bits per heavy atom. The third kappa shape index (κ3) is 6.25. The number of amides is 4. The molecular formula is C26H31ClN4O4S. The summed E-state index contributed by atoms with van der Waals surface area (Å²) < 4.78 is 0.514. The number of likely N-dealkylation sites (tertiary alicyclic amines) is 1. The Hall–Kier alpha value is -2.91. The van der Waals surface area contributed by atoms with Gasteiger partial charge in [-0.05, 0) is 55.2 Å². The summed E-state index contributed by atoms with van der Waals surface area (Å²) in [6.07, 6.45) is 2.82. The minimum Gasteiger partial charge on any atom is -0.345 e. The first-order valence-corrected chi connectivity index (χ1v) is 13.5. The lowest BCUT2D eigenvalue weighted by Gasteiger charge is -2.27. The third-order valence-electron chi connectivity index (χ3n) is 6.45. The van der Waals surface area contributed by atoms with Crippen molar-refractivity contribution in [1.82, 2.24) is 15.5 Å². The predicted molar refractivity (Wildman–Crippen MR) is 141 cm³/mol.